The molecule has 0 heterocycles. The number of ether oxygens (including phenoxy) is 1. The lowest BCUT2D eigenvalue weighted by Gasteiger charge is -2.14. The molecule has 2 rings (SSSR count). The molecule has 22 heavy (non-hydrogen) atoms. The zero-order valence-corrected chi connectivity index (χ0v) is 11.7. The van der Waals surface area contributed by atoms with E-state index < -0.39 is 22.8 Å². The first kappa shape index (κ1) is 15.4. The van der Waals surface area contributed by atoms with Crippen molar-refractivity contribution in [3.63, 3.8) is 0 Å². The highest BCUT2D eigenvalue weighted by atomic mass is 19.1. The number of carbonyl (C=O) groups is 1. The second kappa shape index (κ2) is 6.66. The number of hydrogen-bond donors (Lipinski definition) is 1. The van der Waals surface area contributed by atoms with Crippen molar-refractivity contribution >= 4 is 17.3 Å². The van der Waals surface area contributed by atoms with Gasteiger partial charge in [-0.3, -0.25) is 14.9 Å². The largest absolute Gasteiger partial charge is 0.481 e. The topological polar surface area (TPSA) is 81.5 Å². The lowest BCUT2D eigenvalue weighted by Crippen LogP contribution is -2.30. The molecule has 114 valence electrons. The fraction of sp³-hybridized carbons (Fsp3) is 0.133. The van der Waals surface area contributed by atoms with Gasteiger partial charge in [-0.05, 0) is 37.3 Å². The van der Waals surface area contributed by atoms with Crippen LogP contribution in [0.25, 0.3) is 0 Å². The smallest absolute Gasteiger partial charge is 0.271 e. The zero-order valence-electron chi connectivity index (χ0n) is 11.7. The lowest BCUT2D eigenvalue weighted by molar-refractivity contribution is -0.384. The van der Waals surface area contributed by atoms with Crippen LogP contribution in [-0.2, 0) is 4.79 Å². The highest BCUT2D eigenvalue weighted by molar-refractivity contribution is 5.94. The Morgan fingerprint density at radius 3 is 2.59 bits per heavy atom. The molecule has 0 aromatic heterocycles. The van der Waals surface area contributed by atoms with Crippen molar-refractivity contribution in [2.24, 2.45) is 0 Å². The van der Waals surface area contributed by atoms with Crippen molar-refractivity contribution in [3.8, 4) is 5.75 Å². The molecule has 1 atom stereocenters. The normalized spacial score (nSPS) is 11.5. The van der Waals surface area contributed by atoms with Crippen LogP contribution < -0.4 is 10.1 Å². The van der Waals surface area contributed by atoms with E-state index in [-0.39, 0.29) is 5.69 Å². The number of nitro benzene ring substituents is 1. The first-order valence-corrected chi connectivity index (χ1v) is 6.43. The van der Waals surface area contributed by atoms with E-state index >= 15 is 0 Å². The monoisotopic (exact) mass is 304 g/mol. The van der Waals surface area contributed by atoms with Gasteiger partial charge in [0.1, 0.15) is 11.6 Å². The minimum atomic E-state index is -0.843. The fourth-order valence-corrected chi connectivity index (χ4v) is 1.71. The van der Waals surface area contributed by atoms with E-state index in [1.54, 1.807) is 0 Å². The second-order valence-electron chi connectivity index (χ2n) is 4.51. The molecule has 0 aliphatic carbocycles. The molecule has 0 radical (unpaired) electrons. The van der Waals surface area contributed by atoms with E-state index in [0.29, 0.717) is 11.4 Å². The Hall–Kier alpha value is -2.96. The van der Waals surface area contributed by atoms with Gasteiger partial charge in [0.05, 0.1) is 4.92 Å². The maximum Gasteiger partial charge on any atom is 0.271 e. The number of halogens is 1. The van der Waals surface area contributed by atoms with Crippen LogP contribution in [0.1, 0.15) is 6.92 Å². The van der Waals surface area contributed by atoms with Crippen LogP contribution in [0, 0.1) is 15.9 Å². The Labute approximate surface area is 125 Å². The van der Waals surface area contributed by atoms with Crippen LogP contribution in [0.4, 0.5) is 15.8 Å². The third-order valence-corrected chi connectivity index (χ3v) is 2.82. The molecule has 1 amide bonds. The summed E-state index contributed by atoms with van der Waals surface area (Å²) in [4.78, 5) is 22.1. The number of anilines is 1. The number of amides is 1. The first-order valence-electron chi connectivity index (χ1n) is 6.43. The van der Waals surface area contributed by atoms with Gasteiger partial charge in [0, 0.05) is 17.8 Å². The molecule has 0 bridgehead atoms. The minimum absolute atomic E-state index is 0.120. The van der Waals surface area contributed by atoms with Crippen LogP contribution in [-0.4, -0.2) is 16.9 Å². The fourth-order valence-electron chi connectivity index (χ4n) is 1.71. The predicted molar refractivity (Wildman–Crippen MR) is 78.2 cm³/mol. The van der Waals surface area contributed by atoms with Crippen LogP contribution in [0.3, 0.4) is 0 Å². The predicted octanol–water partition coefficient (Wildman–Crippen LogP) is 3.14. The Kier molecular flexibility index (Phi) is 4.67. The number of carbonyl (C=O) groups excluding carboxylic acids is 1. The zero-order chi connectivity index (χ0) is 16.1. The summed E-state index contributed by atoms with van der Waals surface area (Å²) in [7, 11) is 0. The highest BCUT2D eigenvalue weighted by Crippen LogP contribution is 2.18. The van der Waals surface area contributed by atoms with Crippen LogP contribution in [0.2, 0.25) is 0 Å². The molecule has 0 aliphatic rings. The van der Waals surface area contributed by atoms with Crippen molar-refractivity contribution < 1.29 is 18.8 Å². The van der Waals surface area contributed by atoms with Gasteiger partial charge in [0.2, 0.25) is 0 Å². The average molecular weight is 304 g/mol. The van der Waals surface area contributed by atoms with Gasteiger partial charge in [-0.25, -0.2) is 4.39 Å². The Morgan fingerprint density at radius 1 is 1.27 bits per heavy atom. The number of nitrogens with zero attached hydrogens (tertiary/aromatic N) is 1. The molecule has 0 fully saturated rings. The van der Waals surface area contributed by atoms with E-state index in [1.165, 1.54) is 55.5 Å². The molecule has 0 saturated carbocycles. The SMILES string of the molecule is CC(Oc1ccc(F)cc1)C(=O)Nc1cccc([N+](=O)[O-])c1. The van der Waals surface area contributed by atoms with Crippen molar-refractivity contribution in [2.75, 3.05) is 5.32 Å². The molecule has 7 heteroatoms. The Morgan fingerprint density at radius 2 is 1.95 bits per heavy atom. The maximum atomic E-state index is 12.8. The van der Waals surface area contributed by atoms with Crippen molar-refractivity contribution in [2.45, 2.75) is 13.0 Å². The minimum Gasteiger partial charge on any atom is -0.481 e. The van der Waals surface area contributed by atoms with Crippen LogP contribution in [0.5, 0.6) is 5.75 Å². The summed E-state index contributed by atoms with van der Waals surface area (Å²) >= 11 is 0. The summed E-state index contributed by atoms with van der Waals surface area (Å²) in [5, 5.41) is 13.2. The molecule has 6 nitrogen and oxygen atoms in total. The van der Waals surface area contributed by atoms with Gasteiger partial charge in [0.25, 0.3) is 11.6 Å². The van der Waals surface area contributed by atoms with Gasteiger partial charge in [-0.1, -0.05) is 6.07 Å². The number of non-ortho nitro benzene ring substituents is 1. The van der Waals surface area contributed by atoms with Gasteiger partial charge >= 0.3 is 0 Å². The molecular weight excluding hydrogens is 291 g/mol. The van der Waals surface area contributed by atoms with E-state index in [0.717, 1.165) is 0 Å². The Bertz CT molecular complexity index is 688. The van der Waals surface area contributed by atoms with E-state index in [2.05, 4.69) is 5.32 Å². The molecule has 2 aromatic carbocycles. The summed E-state index contributed by atoms with van der Waals surface area (Å²) in [6, 6.07) is 10.9. The molecule has 1 unspecified atom stereocenters. The number of nitrogens with one attached hydrogen (secondary N) is 1. The second-order valence-corrected chi connectivity index (χ2v) is 4.51. The van der Waals surface area contributed by atoms with Gasteiger partial charge in [-0.15, -0.1) is 0 Å². The molecule has 2 aromatic rings. The molecular formula is C15H13FN2O4. The summed E-state index contributed by atoms with van der Waals surface area (Å²) in [6.45, 7) is 1.52. The lowest BCUT2D eigenvalue weighted by atomic mass is 10.2. The third kappa shape index (κ3) is 4.02. The van der Waals surface area contributed by atoms with Crippen LogP contribution >= 0.6 is 0 Å². The average Bonchev–Trinajstić information content (AvgIpc) is 2.49. The van der Waals surface area contributed by atoms with Gasteiger partial charge in [-0.2, -0.15) is 0 Å². The van der Waals surface area contributed by atoms with Crippen molar-refractivity contribution in [1.29, 1.82) is 0 Å². The van der Waals surface area contributed by atoms with Gasteiger partial charge < -0.3 is 10.1 Å². The van der Waals surface area contributed by atoms with E-state index in [4.69, 9.17) is 4.74 Å². The van der Waals surface area contributed by atoms with Crippen molar-refractivity contribution in [3.05, 3.63) is 64.5 Å². The number of benzene rings is 2. The summed E-state index contributed by atoms with van der Waals surface area (Å²) in [5.74, 6) is -0.519. The van der Waals surface area contributed by atoms with Crippen LogP contribution in [0.15, 0.2) is 48.5 Å². The molecule has 1 N–H and O–H groups in total. The summed E-state index contributed by atoms with van der Waals surface area (Å²) in [5.41, 5.74) is 0.179. The Balaban J connectivity index is 2.00. The van der Waals surface area contributed by atoms with E-state index in [9.17, 15) is 19.3 Å². The van der Waals surface area contributed by atoms with Crippen molar-refractivity contribution in [1.82, 2.24) is 0 Å². The molecule has 0 saturated heterocycles. The molecule has 0 spiro atoms. The highest BCUT2D eigenvalue weighted by Gasteiger charge is 2.16. The number of nitro groups is 1. The summed E-state index contributed by atoms with van der Waals surface area (Å²) in [6.07, 6.45) is -0.843. The quantitative estimate of drug-likeness (QED) is 0.679. The van der Waals surface area contributed by atoms with Gasteiger partial charge in [0.15, 0.2) is 6.10 Å². The number of hydrogen-bond acceptors (Lipinski definition) is 4. The number of rotatable bonds is 5. The maximum absolute atomic E-state index is 12.8. The third-order valence-electron chi connectivity index (χ3n) is 2.82. The first-order chi connectivity index (χ1) is 10.5. The standard InChI is InChI=1S/C15H13FN2O4/c1-10(22-14-7-5-11(16)6-8-14)15(19)17-12-3-2-4-13(9-12)18(20)21/h2-10H,1H3,(H,17,19). The summed E-state index contributed by atoms with van der Waals surface area (Å²) < 4.78 is 18.2. The molecule has 0 aliphatic heterocycles. The van der Waals surface area contributed by atoms with E-state index in [1.807, 2.05) is 0 Å².